The van der Waals surface area contributed by atoms with E-state index in [4.69, 9.17) is 0 Å². The van der Waals surface area contributed by atoms with Crippen molar-refractivity contribution in [3.63, 3.8) is 0 Å². The van der Waals surface area contributed by atoms with E-state index in [1.165, 1.54) is 41.6 Å². The van der Waals surface area contributed by atoms with Crippen molar-refractivity contribution < 1.29 is 9.18 Å². The monoisotopic (exact) mass is 382 g/mol. The molecule has 5 nitrogen and oxygen atoms in total. The summed E-state index contributed by atoms with van der Waals surface area (Å²) in [7, 11) is 1.94. The van der Waals surface area contributed by atoms with Gasteiger partial charge in [0.15, 0.2) is 5.16 Å². The van der Waals surface area contributed by atoms with Crippen molar-refractivity contribution >= 4 is 23.4 Å². The molecule has 1 N–H and O–H groups in total. The zero-order valence-corrected chi connectivity index (χ0v) is 15.6. The van der Waals surface area contributed by atoms with Crippen LogP contribution in [0.25, 0.3) is 0 Å². The Bertz CT molecular complexity index is 942. The SMILES string of the molecule is Cn1c(SCC(=O)Nc2ccc(F)cc2)nnc1C1CC1c1ccccc1. The van der Waals surface area contributed by atoms with Gasteiger partial charge in [0.1, 0.15) is 11.6 Å². The Morgan fingerprint density at radius 3 is 2.63 bits per heavy atom. The number of thioether (sulfide) groups is 1. The molecule has 1 aliphatic rings. The van der Waals surface area contributed by atoms with Gasteiger partial charge in [0, 0.05) is 18.7 Å². The van der Waals surface area contributed by atoms with E-state index in [1.54, 1.807) is 0 Å². The van der Waals surface area contributed by atoms with Crippen LogP contribution in [-0.4, -0.2) is 26.4 Å². The van der Waals surface area contributed by atoms with E-state index in [0.717, 1.165) is 17.4 Å². The lowest BCUT2D eigenvalue weighted by Crippen LogP contribution is -2.14. The van der Waals surface area contributed by atoms with Crippen LogP contribution in [0.4, 0.5) is 10.1 Å². The molecule has 1 aromatic heterocycles. The molecule has 1 fully saturated rings. The highest BCUT2D eigenvalue weighted by Gasteiger charge is 2.42. The molecule has 1 amide bonds. The van der Waals surface area contributed by atoms with Gasteiger partial charge in [-0.3, -0.25) is 4.79 Å². The first-order valence-corrected chi connectivity index (χ1v) is 9.73. The minimum Gasteiger partial charge on any atom is -0.325 e. The van der Waals surface area contributed by atoms with Crippen molar-refractivity contribution in [3.05, 3.63) is 71.8 Å². The van der Waals surface area contributed by atoms with Crippen molar-refractivity contribution in [1.82, 2.24) is 14.8 Å². The number of halogens is 1. The number of anilines is 1. The maximum absolute atomic E-state index is 12.9. The lowest BCUT2D eigenvalue weighted by molar-refractivity contribution is -0.113. The third-order valence-electron chi connectivity index (χ3n) is 4.68. The maximum Gasteiger partial charge on any atom is 0.234 e. The zero-order chi connectivity index (χ0) is 18.8. The van der Waals surface area contributed by atoms with Gasteiger partial charge in [-0.05, 0) is 42.2 Å². The number of carbonyl (C=O) groups is 1. The second-order valence-corrected chi connectivity index (χ2v) is 7.55. The predicted molar refractivity (Wildman–Crippen MR) is 103 cm³/mol. The van der Waals surface area contributed by atoms with Crippen LogP contribution >= 0.6 is 11.8 Å². The molecule has 1 heterocycles. The second kappa shape index (κ2) is 7.52. The summed E-state index contributed by atoms with van der Waals surface area (Å²) in [6, 6.07) is 16.1. The van der Waals surface area contributed by atoms with Gasteiger partial charge >= 0.3 is 0 Å². The number of carbonyl (C=O) groups excluding carboxylic acids is 1. The molecular formula is C20H19FN4OS. The lowest BCUT2D eigenvalue weighted by atomic mass is 10.1. The van der Waals surface area contributed by atoms with Crippen LogP contribution < -0.4 is 5.32 Å². The molecule has 0 saturated heterocycles. The summed E-state index contributed by atoms with van der Waals surface area (Å²) in [5.41, 5.74) is 1.91. The fraction of sp³-hybridized carbons (Fsp3) is 0.250. The Balaban J connectivity index is 1.34. The Labute approximate surface area is 161 Å². The molecule has 138 valence electrons. The fourth-order valence-electron chi connectivity index (χ4n) is 3.18. The van der Waals surface area contributed by atoms with Gasteiger partial charge in [-0.15, -0.1) is 10.2 Å². The molecule has 7 heteroatoms. The minimum atomic E-state index is -0.331. The fourth-order valence-corrected chi connectivity index (χ4v) is 3.90. The smallest absolute Gasteiger partial charge is 0.234 e. The van der Waals surface area contributed by atoms with E-state index >= 15 is 0 Å². The average Bonchev–Trinajstić information content (AvgIpc) is 3.39. The largest absolute Gasteiger partial charge is 0.325 e. The predicted octanol–water partition coefficient (Wildman–Crippen LogP) is 3.96. The molecule has 1 aliphatic carbocycles. The number of rotatable bonds is 6. The third-order valence-corrected chi connectivity index (χ3v) is 5.70. The summed E-state index contributed by atoms with van der Waals surface area (Å²) in [6.45, 7) is 0. The molecule has 1 saturated carbocycles. The molecule has 0 radical (unpaired) electrons. The van der Waals surface area contributed by atoms with E-state index in [1.807, 2.05) is 17.7 Å². The Kier molecular flexibility index (Phi) is 4.94. The maximum atomic E-state index is 12.9. The topological polar surface area (TPSA) is 59.8 Å². The number of nitrogens with one attached hydrogen (secondary N) is 1. The first-order chi connectivity index (χ1) is 13.1. The zero-order valence-electron chi connectivity index (χ0n) is 14.8. The first-order valence-electron chi connectivity index (χ1n) is 8.74. The molecule has 0 bridgehead atoms. The summed E-state index contributed by atoms with van der Waals surface area (Å²) >= 11 is 1.34. The minimum absolute atomic E-state index is 0.162. The summed E-state index contributed by atoms with van der Waals surface area (Å²) in [5, 5.41) is 12.1. The van der Waals surface area contributed by atoms with Crippen molar-refractivity contribution in [3.8, 4) is 0 Å². The molecule has 3 aromatic rings. The lowest BCUT2D eigenvalue weighted by Gasteiger charge is -2.06. The van der Waals surface area contributed by atoms with Crippen LogP contribution in [0.1, 0.15) is 29.6 Å². The molecule has 0 spiro atoms. The van der Waals surface area contributed by atoms with Crippen LogP contribution in [0.3, 0.4) is 0 Å². The van der Waals surface area contributed by atoms with E-state index in [0.29, 0.717) is 17.5 Å². The van der Waals surface area contributed by atoms with E-state index in [9.17, 15) is 9.18 Å². The van der Waals surface area contributed by atoms with Crippen LogP contribution in [0.5, 0.6) is 0 Å². The number of hydrogen-bond donors (Lipinski definition) is 1. The van der Waals surface area contributed by atoms with E-state index < -0.39 is 0 Å². The van der Waals surface area contributed by atoms with Gasteiger partial charge in [0.2, 0.25) is 5.91 Å². The Hall–Kier alpha value is -2.67. The van der Waals surface area contributed by atoms with Crippen LogP contribution in [-0.2, 0) is 11.8 Å². The van der Waals surface area contributed by atoms with Gasteiger partial charge in [-0.25, -0.2) is 4.39 Å². The highest BCUT2D eigenvalue weighted by molar-refractivity contribution is 7.99. The van der Waals surface area contributed by atoms with Gasteiger partial charge in [-0.1, -0.05) is 42.1 Å². The van der Waals surface area contributed by atoms with Gasteiger partial charge < -0.3 is 9.88 Å². The van der Waals surface area contributed by atoms with Gasteiger partial charge in [-0.2, -0.15) is 0 Å². The Morgan fingerprint density at radius 2 is 1.89 bits per heavy atom. The average molecular weight is 382 g/mol. The van der Waals surface area contributed by atoms with Crippen LogP contribution in [0.2, 0.25) is 0 Å². The molecule has 4 rings (SSSR count). The van der Waals surface area contributed by atoms with Crippen molar-refractivity contribution in [2.75, 3.05) is 11.1 Å². The molecule has 2 atom stereocenters. The summed E-state index contributed by atoms with van der Waals surface area (Å²) in [5.74, 6) is 1.56. The molecule has 2 aromatic carbocycles. The molecule has 27 heavy (non-hydrogen) atoms. The normalized spacial score (nSPS) is 18.3. The number of nitrogens with zero attached hydrogens (tertiary/aromatic N) is 3. The highest BCUT2D eigenvalue weighted by Crippen LogP contribution is 2.54. The van der Waals surface area contributed by atoms with Crippen LogP contribution in [0, 0.1) is 5.82 Å². The van der Waals surface area contributed by atoms with Crippen molar-refractivity contribution in [2.24, 2.45) is 7.05 Å². The third kappa shape index (κ3) is 4.03. The second-order valence-electron chi connectivity index (χ2n) is 6.60. The molecule has 2 unspecified atom stereocenters. The highest BCUT2D eigenvalue weighted by atomic mass is 32.2. The standard InChI is InChI=1S/C20H19FN4OS/c1-25-19(17-11-16(17)13-5-3-2-4-6-13)23-24-20(25)27-12-18(26)22-15-9-7-14(21)8-10-15/h2-10,16-17H,11-12H2,1H3,(H,22,26). The summed E-state index contributed by atoms with van der Waals surface area (Å²) in [4.78, 5) is 12.1. The molecule has 0 aliphatic heterocycles. The number of benzene rings is 2. The first kappa shape index (κ1) is 17.7. The number of amides is 1. The van der Waals surface area contributed by atoms with E-state index in [-0.39, 0.29) is 17.5 Å². The van der Waals surface area contributed by atoms with Crippen molar-refractivity contribution in [2.45, 2.75) is 23.4 Å². The van der Waals surface area contributed by atoms with Crippen LogP contribution in [0.15, 0.2) is 59.8 Å². The summed E-state index contributed by atoms with van der Waals surface area (Å²) in [6.07, 6.45) is 1.08. The number of aromatic nitrogens is 3. The van der Waals surface area contributed by atoms with E-state index in [2.05, 4.69) is 39.8 Å². The quantitative estimate of drug-likeness (QED) is 0.656. The number of hydrogen-bond acceptors (Lipinski definition) is 4. The van der Waals surface area contributed by atoms with Gasteiger partial charge in [0.05, 0.1) is 5.75 Å². The van der Waals surface area contributed by atoms with Gasteiger partial charge in [0.25, 0.3) is 0 Å². The van der Waals surface area contributed by atoms with Crippen molar-refractivity contribution in [1.29, 1.82) is 0 Å². The molecular weight excluding hydrogens is 363 g/mol. The Morgan fingerprint density at radius 1 is 1.15 bits per heavy atom. The summed E-state index contributed by atoms with van der Waals surface area (Å²) < 4.78 is 14.9.